The van der Waals surface area contributed by atoms with Crippen molar-refractivity contribution in [3.05, 3.63) is 75.9 Å². The van der Waals surface area contributed by atoms with Gasteiger partial charge in [0.15, 0.2) is 0 Å². The van der Waals surface area contributed by atoms with E-state index in [-0.39, 0.29) is 23.8 Å². The number of carbonyl (C=O) groups is 2. The third-order valence-electron chi connectivity index (χ3n) is 8.73. The largest absolute Gasteiger partial charge is 0.507 e. The summed E-state index contributed by atoms with van der Waals surface area (Å²) in [5, 5.41) is 21.0. The van der Waals surface area contributed by atoms with E-state index < -0.39 is 19.0 Å². The normalized spacial score (nSPS) is 24.6. The highest BCUT2D eigenvalue weighted by Gasteiger charge is 2.57. The SMILES string of the molecule is CCCN1C(=O)[C@@H]2[C@@H](CC(COc3ccccc3)=C3[C@@H](CC/C(C)=C/c4cc(C)c(O)c(C)c4)OB(O)C[C@@H]32)C1=O. The van der Waals surface area contributed by atoms with Gasteiger partial charge < -0.3 is 19.5 Å². The second kappa shape index (κ2) is 12.3. The molecule has 0 spiro atoms. The van der Waals surface area contributed by atoms with Crippen LogP contribution in [0.2, 0.25) is 6.32 Å². The Bertz CT molecular complexity index is 1350. The lowest BCUT2D eigenvalue weighted by atomic mass is 9.58. The van der Waals surface area contributed by atoms with Crippen LogP contribution in [0.5, 0.6) is 11.5 Å². The first-order valence-corrected chi connectivity index (χ1v) is 14.7. The van der Waals surface area contributed by atoms with Crippen molar-refractivity contribution in [3.63, 3.8) is 0 Å². The highest BCUT2D eigenvalue weighted by Crippen LogP contribution is 2.50. The summed E-state index contributed by atoms with van der Waals surface area (Å²) < 4.78 is 12.3. The first kappa shape index (κ1) is 29.1. The smallest absolute Gasteiger partial charge is 0.455 e. The first-order valence-electron chi connectivity index (χ1n) is 14.7. The standard InChI is InChI=1S/C33H40BNO6/c1-5-13-35-32(37)26-17-24(19-40-25-9-7-6-8-10-25)29-27(30(26)33(35)38)18-34(39)41-28(29)12-11-20(2)14-23-15-21(3)31(36)22(4)16-23/h6-10,14-16,26-28,30,36,39H,5,11-13,17-19H2,1-4H3/b20-14+/t26-,27+,28-,30-/m1/s1. The number of carbonyl (C=O) groups excluding carboxylic acids is 2. The molecule has 2 aromatic carbocycles. The molecule has 7 nitrogen and oxygen atoms in total. The van der Waals surface area contributed by atoms with Crippen LogP contribution in [0.1, 0.15) is 56.2 Å². The number of allylic oxidation sites excluding steroid dienone is 1. The minimum Gasteiger partial charge on any atom is -0.507 e. The Morgan fingerprint density at radius 3 is 2.51 bits per heavy atom. The number of benzene rings is 2. The minimum absolute atomic E-state index is 0.103. The van der Waals surface area contributed by atoms with E-state index in [0.717, 1.165) is 45.6 Å². The first-order chi connectivity index (χ1) is 19.7. The molecule has 2 fully saturated rings. The van der Waals surface area contributed by atoms with Crippen molar-refractivity contribution in [1.82, 2.24) is 4.90 Å². The number of amides is 2. The Kier molecular flexibility index (Phi) is 8.71. The molecule has 2 saturated heterocycles. The van der Waals surface area contributed by atoms with Crippen LogP contribution >= 0.6 is 0 Å². The molecule has 0 aromatic heterocycles. The number of fused-ring (bicyclic) bond motifs is 3. The average molecular weight is 557 g/mol. The number of hydrogen-bond acceptors (Lipinski definition) is 6. The molecular weight excluding hydrogens is 517 g/mol. The Morgan fingerprint density at radius 1 is 1.12 bits per heavy atom. The van der Waals surface area contributed by atoms with Gasteiger partial charge in [-0.15, -0.1) is 0 Å². The van der Waals surface area contributed by atoms with Gasteiger partial charge in [-0.1, -0.05) is 36.8 Å². The zero-order valence-electron chi connectivity index (χ0n) is 24.4. The fourth-order valence-corrected chi connectivity index (χ4v) is 6.88. The molecule has 2 heterocycles. The highest BCUT2D eigenvalue weighted by atomic mass is 16.5. The molecule has 2 N–H and O–H groups in total. The van der Waals surface area contributed by atoms with E-state index in [0.29, 0.717) is 44.5 Å². The lowest BCUT2D eigenvalue weighted by molar-refractivity contribution is -0.140. The van der Waals surface area contributed by atoms with Crippen LogP contribution in [0.3, 0.4) is 0 Å². The summed E-state index contributed by atoms with van der Waals surface area (Å²) in [4.78, 5) is 28.4. The monoisotopic (exact) mass is 557 g/mol. The number of phenolic OH excluding ortho intramolecular Hbond substituents is 1. The predicted octanol–water partition coefficient (Wildman–Crippen LogP) is 5.48. The lowest BCUT2D eigenvalue weighted by Crippen LogP contribution is -2.46. The third-order valence-corrected chi connectivity index (χ3v) is 8.73. The number of ether oxygens (including phenoxy) is 1. The predicted molar refractivity (Wildman–Crippen MR) is 159 cm³/mol. The number of aromatic hydroxyl groups is 1. The van der Waals surface area contributed by atoms with Crippen LogP contribution in [-0.2, 0) is 14.2 Å². The maximum atomic E-state index is 13.5. The molecule has 2 amide bonds. The van der Waals surface area contributed by atoms with Crippen molar-refractivity contribution in [3.8, 4) is 11.5 Å². The minimum atomic E-state index is -1.00. The average Bonchev–Trinajstić information content (AvgIpc) is 3.18. The van der Waals surface area contributed by atoms with Crippen molar-refractivity contribution in [2.45, 2.75) is 65.8 Å². The zero-order valence-corrected chi connectivity index (χ0v) is 24.4. The van der Waals surface area contributed by atoms with Gasteiger partial charge in [0, 0.05) is 6.54 Å². The van der Waals surface area contributed by atoms with E-state index in [1.54, 1.807) is 0 Å². The molecule has 5 rings (SSSR count). The molecule has 216 valence electrons. The van der Waals surface area contributed by atoms with E-state index in [1.165, 1.54) is 4.90 Å². The Hall–Kier alpha value is -3.36. The Labute approximate surface area is 243 Å². The van der Waals surface area contributed by atoms with Crippen molar-refractivity contribution in [2.75, 3.05) is 13.2 Å². The van der Waals surface area contributed by atoms with Crippen LogP contribution < -0.4 is 4.74 Å². The summed E-state index contributed by atoms with van der Waals surface area (Å²) in [6, 6.07) is 13.5. The summed E-state index contributed by atoms with van der Waals surface area (Å²) in [7, 11) is -1.00. The van der Waals surface area contributed by atoms with Gasteiger partial charge in [-0.05, 0) is 111 Å². The van der Waals surface area contributed by atoms with Crippen LogP contribution in [0.25, 0.3) is 6.08 Å². The number of imide groups is 1. The van der Waals surface area contributed by atoms with Gasteiger partial charge in [-0.3, -0.25) is 14.5 Å². The van der Waals surface area contributed by atoms with Gasteiger partial charge in [0.25, 0.3) is 0 Å². The molecule has 3 aliphatic rings. The Morgan fingerprint density at radius 2 is 1.83 bits per heavy atom. The second-order valence-electron chi connectivity index (χ2n) is 11.8. The van der Waals surface area contributed by atoms with Crippen molar-refractivity contribution >= 4 is 25.0 Å². The third kappa shape index (κ3) is 6.00. The number of likely N-dealkylation sites (tertiary alicyclic amines) is 1. The molecule has 41 heavy (non-hydrogen) atoms. The van der Waals surface area contributed by atoms with Crippen molar-refractivity contribution < 1.29 is 29.1 Å². The van der Waals surface area contributed by atoms with E-state index >= 15 is 0 Å². The number of rotatable bonds is 9. The van der Waals surface area contributed by atoms with Gasteiger partial charge in [-0.2, -0.15) is 0 Å². The topological polar surface area (TPSA) is 96.3 Å². The quantitative estimate of drug-likeness (QED) is 0.241. The van der Waals surface area contributed by atoms with Gasteiger partial charge in [0.1, 0.15) is 18.1 Å². The fraction of sp³-hybridized carbons (Fsp3) is 0.455. The molecule has 0 bridgehead atoms. The van der Waals surface area contributed by atoms with E-state index in [4.69, 9.17) is 9.39 Å². The molecule has 2 aromatic rings. The van der Waals surface area contributed by atoms with Crippen molar-refractivity contribution in [2.24, 2.45) is 17.8 Å². The van der Waals surface area contributed by atoms with Crippen LogP contribution in [0.4, 0.5) is 0 Å². The van der Waals surface area contributed by atoms with E-state index in [9.17, 15) is 19.7 Å². The zero-order chi connectivity index (χ0) is 29.3. The summed E-state index contributed by atoms with van der Waals surface area (Å²) in [5.41, 5.74) is 5.87. The van der Waals surface area contributed by atoms with E-state index in [1.807, 2.05) is 63.2 Å². The molecule has 0 saturated carbocycles. The molecule has 1 aliphatic carbocycles. The van der Waals surface area contributed by atoms with Gasteiger partial charge in [-0.25, -0.2) is 0 Å². The number of hydrogen-bond donors (Lipinski definition) is 2. The summed E-state index contributed by atoms with van der Waals surface area (Å²) >= 11 is 0. The molecule has 8 heteroatoms. The number of aryl methyl sites for hydroxylation is 2. The number of para-hydroxylation sites is 1. The van der Waals surface area contributed by atoms with Crippen molar-refractivity contribution in [1.29, 1.82) is 0 Å². The van der Waals surface area contributed by atoms with Crippen LogP contribution in [0, 0.1) is 31.6 Å². The van der Waals surface area contributed by atoms with Crippen LogP contribution in [0.15, 0.2) is 59.2 Å². The van der Waals surface area contributed by atoms with Gasteiger partial charge in [0.2, 0.25) is 11.8 Å². The number of phenols is 1. The van der Waals surface area contributed by atoms with E-state index in [2.05, 4.69) is 13.0 Å². The highest BCUT2D eigenvalue weighted by molar-refractivity contribution is 6.43. The summed E-state index contributed by atoms with van der Waals surface area (Å²) in [6.45, 7) is 8.56. The summed E-state index contributed by atoms with van der Waals surface area (Å²) in [6.07, 6.45) is 4.56. The molecule has 0 unspecified atom stereocenters. The summed E-state index contributed by atoms with van der Waals surface area (Å²) in [5.74, 6) is -0.311. The van der Waals surface area contributed by atoms with Crippen LogP contribution in [-0.4, -0.2) is 53.2 Å². The molecule has 2 aliphatic heterocycles. The van der Waals surface area contributed by atoms with Gasteiger partial charge in [0.05, 0.1) is 17.9 Å². The fourth-order valence-electron chi connectivity index (χ4n) is 6.88. The molecule has 0 radical (unpaired) electrons. The molecular formula is C33H40BNO6. The maximum Gasteiger partial charge on any atom is 0.455 e. The Balaban J connectivity index is 1.44. The lowest BCUT2D eigenvalue weighted by Gasteiger charge is -2.43. The maximum absolute atomic E-state index is 13.5. The van der Waals surface area contributed by atoms with Gasteiger partial charge >= 0.3 is 7.12 Å². The number of nitrogens with zero attached hydrogens (tertiary/aromatic N) is 1. The second-order valence-corrected chi connectivity index (χ2v) is 11.8. The molecule has 4 atom stereocenters.